The Balaban J connectivity index is 1.17. The van der Waals surface area contributed by atoms with Gasteiger partial charge in [-0.15, -0.1) is 0 Å². The van der Waals surface area contributed by atoms with E-state index in [2.05, 4.69) is 191 Å². The molecule has 7 aromatic carbocycles. The van der Waals surface area contributed by atoms with E-state index in [9.17, 15) is 0 Å². The van der Waals surface area contributed by atoms with E-state index < -0.39 is 5.41 Å². The van der Waals surface area contributed by atoms with E-state index in [0.717, 1.165) is 17.9 Å². The molecule has 0 amide bonds. The average molecular weight is 761 g/mol. The van der Waals surface area contributed by atoms with Crippen LogP contribution in [0, 0.1) is 13.8 Å². The first-order valence-electron chi connectivity index (χ1n) is 21.4. The number of hydrogen-bond acceptors (Lipinski definition) is 3. The van der Waals surface area contributed by atoms with E-state index in [4.69, 9.17) is 4.42 Å². The van der Waals surface area contributed by atoms with Gasteiger partial charge in [0.25, 0.3) is 0 Å². The van der Waals surface area contributed by atoms with Gasteiger partial charge in [0.1, 0.15) is 5.58 Å². The highest BCUT2D eigenvalue weighted by molar-refractivity contribution is 6.95. The molecule has 1 spiro atoms. The minimum absolute atomic E-state index is 0.0641. The Morgan fingerprint density at radius 1 is 0.508 bits per heavy atom. The minimum atomic E-state index is -0.474. The Labute approximate surface area is 347 Å². The van der Waals surface area contributed by atoms with Crippen LogP contribution in [0.1, 0.15) is 85.0 Å². The highest BCUT2D eigenvalue weighted by Crippen LogP contribution is 2.65. The van der Waals surface area contributed by atoms with Crippen molar-refractivity contribution in [3.8, 4) is 22.3 Å². The van der Waals surface area contributed by atoms with Crippen LogP contribution >= 0.6 is 0 Å². The van der Waals surface area contributed by atoms with Crippen molar-refractivity contribution in [2.75, 3.05) is 9.71 Å². The summed E-state index contributed by atoms with van der Waals surface area (Å²) < 4.78 is 7.24. The van der Waals surface area contributed by atoms with Crippen LogP contribution in [-0.4, -0.2) is 6.85 Å². The smallest absolute Gasteiger partial charge is 0.337 e. The van der Waals surface area contributed by atoms with Crippen molar-refractivity contribution in [1.82, 2.24) is 0 Å². The molecule has 3 aliphatic heterocycles. The molecule has 0 bridgehead atoms. The maximum atomic E-state index is 7.24. The molecule has 0 unspecified atom stereocenters. The molecule has 0 fully saturated rings. The summed E-state index contributed by atoms with van der Waals surface area (Å²) >= 11 is 0. The molecular formula is C55H45BN2O. The first-order chi connectivity index (χ1) is 28.6. The zero-order chi connectivity index (χ0) is 39.7. The molecule has 284 valence electrons. The second-order valence-electron chi connectivity index (χ2n) is 19.2. The van der Waals surface area contributed by atoms with Gasteiger partial charge >= 0.3 is 6.85 Å². The van der Waals surface area contributed by atoms with Crippen molar-refractivity contribution in [1.29, 1.82) is 0 Å². The molecule has 0 N–H and O–H groups in total. The van der Waals surface area contributed by atoms with Crippen molar-refractivity contribution in [2.24, 2.45) is 0 Å². The van der Waals surface area contributed by atoms with Crippen molar-refractivity contribution in [3.63, 3.8) is 0 Å². The van der Waals surface area contributed by atoms with Gasteiger partial charge in [0.2, 0.25) is 5.88 Å². The Kier molecular flexibility index (Phi) is 6.32. The summed E-state index contributed by atoms with van der Waals surface area (Å²) in [6.07, 6.45) is 2.35. The van der Waals surface area contributed by atoms with Crippen LogP contribution in [0.4, 0.5) is 28.6 Å². The van der Waals surface area contributed by atoms with Gasteiger partial charge in [0, 0.05) is 33.5 Å². The summed E-state index contributed by atoms with van der Waals surface area (Å²) in [5.41, 5.74) is 24.2. The molecule has 13 rings (SSSR count). The maximum absolute atomic E-state index is 7.24. The van der Waals surface area contributed by atoms with E-state index in [0.29, 0.717) is 0 Å². The van der Waals surface area contributed by atoms with E-state index in [1.54, 1.807) is 0 Å². The Bertz CT molecular complexity index is 3140. The lowest BCUT2D eigenvalue weighted by molar-refractivity contribution is 0.332. The first-order valence-corrected chi connectivity index (χ1v) is 21.4. The fraction of sp³-hybridized carbons (Fsp3) is 0.200. The summed E-state index contributed by atoms with van der Waals surface area (Å²) in [6, 6.07) is 53.3. The van der Waals surface area contributed by atoms with Crippen LogP contribution in [0.2, 0.25) is 0 Å². The molecule has 8 aromatic rings. The van der Waals surface area contributed by atoms with E-state index in [-0.39, 0.29) is 17.7 Å². The number of para-hydroxylation sites is 3. The van der Waals surface area contributed by atoms with Crippen LogP contribution in [0.3, 0.4) is 0 Å². The van der Waals surface area contributed by atoms with E-state index >= 15 is 0 Å². The van der Waals surface area contributed by atoms with Gasteiger partial charge in [-0.1, -0.05) is 143 Å². The molecule has 1 aromatic heterocycles. The third kappa shape index (κ3) is 4.01. The van der Waals surface area contributed by atoms with Crippen LogP contribution in [0.15, 0.2) is 144 Å². The molecule has 3 nitrogen and oxygen atoms in total. The van der Waals surface area contributed by atoms with Gasteiger partial charge < -0.3 is 9.23 Å². The molecular weight excluding hydrogens is 715 g/mol. The molecule has 5 aliphatic rings. The molecule has 0 saturated carbocycles. The highest BCUT2D eigenvalue weighted by Gasteiger charge is 2.57. The van der Waals surface area contributed by atoms with Crippen LogP contribution in [0.5, 0.6) is 0 Å². The van der Waals surface area contributed by atoms with Crippen molar-refractivity contribution >= 4 is 57.4 Å². The average Bonchev–Trinajstić information content (AvgIpc) is 3.77. The fourth-order valence-corrected chi connectivity index (χ4v) is 12.3. The van der Waals surface area contributed by atoms with Crippen molar-refractivity contribution in [2.45, 2.75) is 70.6 Å². The van der Waals surface area contributed by atoms with Gasteiger partial charge in [-0.05, 0) is 128 Å². The fourth-order valence-electron chi connectivity index (χ4n) is 12.3. The predicted molar refractivity (Wildman–Crippen MR) is 246 cm³/mol. The number of nitrogens with zero attached hydrogens (tertiary/aromatic N) is 2. The van der Waals surface area contributed by atoms with Gasteiger partial charge in [0.15, 0.2) is 0 Å². The maximum Gasteiger partial charge on any atom is 0.337 e. The quantitative estimate of drug-likeness (QED) is 0.155. The normalized spacial score (nSPS) is 17.5. The number of furan rings is 1. The number of fused-ring (bicyclic) bond motifs is 16. The molecule has 59 heavy (non-hydrogen) atoms. The summed E-state index contributed by atoms with van der Waals surface area (Å²) in [5.74, 6) is 0.923. The second kappa shape index (κ2) is 11.1. The number of aryl methyl sites for hydroxylation is 2. The standard InChI is InChI=1S/C55H45BN2O/c1-32-28-38-36-19-15-23-42-51(36)58(45-24-13-12-22-41(45)55(42)39-20-10-7-16-34(39)35-17-8-11-21-40(35)55)56-49(38)47(29-32)57(52-50(56)37-18-9-14-25-48(37)59-52)46-31-44-43(30-33(46)2)53(3,4)26-27-54(44,5)6/h7-25,28-31H,26-27H2,1-6H3. The minimum Gasteiger partial charge on any atom is -0.440 e. The lowest BCUT2D eigenvalue weighted by atomic mass is 9.42. The zero-order valence-electron chi connectivity index (χ0n) is 34.6. The van der Waals surface area contributed by atoms with Crippen LogP contribution in [-0.2, 0) is 16.2 Å². The SMILES string of the molecule is Cc1cc2c3c(c1)N(c1cc4c(cc1C)C(C)(C)CCC4(C)C)c1oc4ccccc4c1B3N1c3ccccc3C3(c4ccccc4-c4ccccc43)c3cccc-2c31. The second-order valence-corrected chi connectivity index (χ2v) is 19.2. The summed E-state index contributed by atoms with van der Waals surface area (Å²) in [7, 11) is 0. The summed E-state index contributed by atoms with van der Waals surface area (Å²) in [6.45, 7) is 14.2. The Hall–Kier alpha value is -6.26. The van der Waals surface area contributed by atoms with Crippen LogP contribution in [0.25, 0.3) is 33.2 Å². The molecule has 4 heterocycles. The largest absolute Gasteiger partial charge is 0.440 e. The topological polar surface area (TPSA) is 19.6 Å². The summed E-state index contributed by atoms with van der Waals surface area (Å²) in [5, 5.41) is 1.17. The first kappa shape index (κ1) is 33.7. The monoisotopic (exact) mass is 760 g/mol. The molecule has 4 heteroatoms. The van der Waals surface area contributed by atoms with Gasteiger partial charge in [0.05, 0.1) is 11.1 Å². The molecule has 0 atom stereocenters. The Morgan fingerprint density at radius 2 is 1.12 bits per heavy atom. The van der Waals surface area contributed by atoms with Crippen LogP contribution < -0.4 is 20.6 Å². The zero-order valence-corrected chi connectivity index (χ0v) is 34.6. The lowest BCUT2D eigenvalue weighted by Gasteiger charge is -2.51. The third-order valence-corrected chi connectivity index (χ3v) is 15.1. The summed E-state index contributed by atoms with van der Waals surface area (Å²) in [4.78, 5) is 5.21. The van der Waals surface area contributed by atoms with Crippen molar-refractivity contribution < 1.29 is 4.42 Å². The third-order valence-electron chi connectivity index (χ3n) is 15.1. The highest BCUT2D eigenvalue weighted by atomic mass is 16.4. The Morgan fingerprint density at radius 3 is 1.86 bits per heavy atom. The van der Waals surface area contributed by atoms with E-state index in [1.807, 2.05) is 0 Å². The van der Waals surface area contributed by atoms with Crippen molar-refractivity contribution in [3.05, 3.63) is 184 Å². The number of rotatable bonds is 1. The molecule has 0 saturated heterocycles. The van der Waals surface area contributed by atoms with Gasteiger partial charge in [-0.2, -0.15) is 0 Å². The van der Waals surface area contributed by atoms with E-state index in [1.165, 1.54) is 112 Å². The lowest BCUT2D eigenvalue weighted by Crippen LogP contribution is -2.63. The number of anilines is 5. The molecule has 0 radical (unpaired) electrons. The van der Waals surface area contributed by atoms with Gasteiger partial charge in [-0.25, -0.2) is 0 Å². The molecule has 2 aliphatic carbocycles. The number of hydrogen-bond donors (Lipinski definition) is 0. The predicted octanol–water partition coefficient (Wildman–Crippen LogP) is 12.8. The van der Waals surface area contributed by atoms with Gasteiger partial charge in [-0.3, -0.25) is 4.90 Å². The number of benzene rings is 7.